The number of anilines is 1. The maximum absolute atomic E-state index is 14.5. The van der Waals surface area contributed by atoms with Gasteiger partial charge in [-0.05, 0) is 123 Å². The molecule has 60 heavy (non-hydrogen) atoms. The first kappa shape index (κ1) is 44.2. The number of hydrazine groups is 1. The van der Waals surface area contributed by atoms with Crippen LogP contribution in [0.25, 0.3) is 11.1 Å². The van der Waals surface area contributed by atoms with E-state index in [2.05, 4.69) is 20.9 Å². The lowest BCUT2D eigenvalue weighted by Crippen LogP contribution is -2.56. The van der Waals surface area contributed by atoms with Crippen molar-refractivity contribution >= 4 is 35.2 Å². The summed E-state index contributed by atoms with van der Waals surface area (Å²) in [5, 5.41) is 28.3. The van der Waals surface area contributed by atoms with E-state index in [1.165, 1.54) is 31.3 Å². The molecule has 3 amide bonds. The molecule has 13 nitrogen and oxygen atoms in total. The molecule has 0 aromatic heterocycles. The van der Waals surface area contributed by atoms with Crippen molar-refractivity contribution in [1.29, 1.82) is 0 Å². The predicted octanol–water partition coefficient (Wildman–Crippen LogP) is 5.33. The van der Waals surface area contributed by atoms with Crippen LogP contribution in [0.2, 0.25) is 0 Å². The average molecular weight is 838 g/mol. The van der Waals surface area contributed by atoms with Gasteiger partial charge in [-0.2, -0.15) is 22.6 Å². The van der Waals surface area contributed by atoms with E-state index in [-0.39, 0.29) is 41.9 Å². The number of aliphatic hydroxyl groups is 1. The van der Waals surface area contributed by atoms with Gasteiger partial charge >= 0.3 is 17.8 Å². The van der Waals surface area contributed by atoms with Crippen LogP contribution >= 0.6 is 0 Å². The Bertz CT molecular complexity index is 2070. The second kappa shape index (κ2) is 18.5. The van der Waals surface area contributed by atoms with E-state index in [9.17, 15) is 41.8 Å². The van der Waals surface area contributed by atoms with Crippen molar-refractivity contribution < 1.29 is 47.0 Å². The molecule has 6 rings (SSSR count). The molecule has 322 valence electrons. The van der Waals surface area contributed by atoms with Gasteiger partial charge in [-0.15, -0.1) is 0 Å². The summed E-state index contributed by atoms with van der Waals surface area (Å²) >= 11 is 0. The van der Waals surface area contributed by atoms with Gasteiger partial charge in [-0.3, -0.25) is 19.8 Å². The third-order valence-electron chi connectivity index (χ3n) is 11.7. The first-order valence-electron chi connectivity index (χ1n) is 20.1. The molecule has 8 N–H and O–H groups in total. The van der Waals surface area contributed by atoms with Crippen LogP contribution in [0, 0.1) is 18.8 Å². The number of carbonyl (C=O) groups excluding carboxylic acids is 3. The normalized spacial score (nSPS) is 22.9. The van der Waals surface area contributed by atoms with Gasteiger partial charge in [0.1, 0.15) is 12.2 Å². The second-order valence-corrected chi connectivity index (χ2v) is 16.1. The lowest BCUT2D eigenvalue weighted by atomic mass is 9.81. The molecule has 2 unspecified atom stereocenters. The highest BCUT2D eigenvalue weighted by atomic mass is 19.3. The molecule has 0 spiro atoms. The number of aliphatic carboxylic acids is 1. The monoisotopic (exact) mass is 837 g/mol. The average Bonchev–Trinajstić information content (AvgIpc) is 3.63. The summed E-state index contributed by atoms with van der Waals surface area (Å²) in [5.74, 6) is -15.9. The van der Waals surface area contributed by atoms with Gasteiger partial charge in [-0.25, -0.2) is 9.79 Å². The summed E-state index contributed by atoms with van der Waals surface area (Å²) in [7, 11) is 1.28. The lowest BCUT2D eigenvalue weighted by Gasteiger charge is -2.28. The van der Waals surface area contributed by atoms with Crippen molar-refractivity contribution in [3.63, 3.8) is 0 Å². The fraction of sp³-hybridized carbons (Fsp3) is 0.465. The molecule has 0 bridgehead atoms. The van der Waals surface area contributed by atoms with Crippen LogP contribution < -0.4 is 27.1 Å². The van der Waals surface area contributed by atoms with E-state index >= 15 is 0 Å². The van der Waals surface area contributed by atoms with Crippen molar-refractivity contribution in [1.82, 2.24) is 21.1 Å². The molecule has 2 fully saturated rings. The SMILES string of the molecule is Cc1cc(C(=O)NC2CCC(O)CC2)ccc1-c1ccc(CC(NC(=O)C2CCC(CN)CC2)C(=O)Nc2ccc(C3N=C(C(F)(F)C(F)(F)C(=O)O)NN3C)cc2)cc1. The zero-order valence-corrected chi connectivity index (χ0v) is 33.4. The van der Waals surface area contributed by atoms with Crippen LogP contribution in [0.15, 0.2) is 71.7 Å². The van der Waals surface area contributed by atoms with Gasteiger partial charge in [0.15, 0.2) is 5.84 Å². The maximum atomic E-state index is 14.5. The molecule has 17 heteroatoms. The van der Waals surface area contributed by atoms with E-state index in [4.69, 9.17) is 10.8 Å². The quantitative estimate of drug-likeness (QED) is 0.105. The molecule has 3 aromatic rings. The number of carbonyl (C=O) groups is 4. The van der Waals surface area contributed by atoms with E-state index in [1.54, 1.807) is 6.07 Å². The summed E-state index contributed by atoms with van der Waals surface area (Å²) in [6.07, 6.45) is 4.36. The van der Waals surface area contributed by atoms with Crippen LogP contribution in [0.5, 0.6) is 0 Å². The van der Waals surface area contributed by atoms with Crippen molar-refractivity contribution in [2.24, 2.45) is 22.6 Å². The molecular formula is C43H51F4N7O6. The predicted molar refractivity (Wildman–Crippen MR) is 216 cm³/mol. The number of nitrogens with zero attached hydrogens (tertiary/aromatic N) is 2. The number of hydrogen-bond donors (Lipinski definition) is 7. The number of carboxylic acid groups (broad SMARTS) is 1. The zero-order chi connectivity index (χ0) is 43.4. The molecule has 2 aliphatic carbocycles. The molecule has 0 saturated heterocycles. The molecule has 1 heterocycles. The Morgan fingerprint density at radius 1 is 0.917 bits per heavy atom. The Labute approximate surface area is 345 Å². The van der Waals surface area contributed by atoms with E-state index in [0.29, 0.717) is 49.4 Å². The van der Waals surface area contributed by atoms with Gasteiger partial charge in [0.2, 0.25) is 11.8 Å². The maximum Gasteiger partial charge on any atom is 0.411 e. The van der Waals surface area contributed by atoms with Crippen LogP contribution in [0.3, 0.4) is 0 Å². The van der Waals surface area contributed by atoms with Crippen molar-refractivity contribution in [2.75, 3.05) is 18.9 Å². The topological polar surface area (TPSA) is 198 Å². The number of aryl methyl sites for hydroxylation is 1. The molecule has 2 atom stereocenters. The van der Waals surface area contributed by atoms with E-state index in [1.807, 2.05) is 48.7 Å². The minimum absolute atomic E-state index is 0.0312. The number of rotatable bonds is 14. The number of amides is 3. The smallest absolute Gasteiger partial charge is 0.411 e. The number of amidine groups is 1. The number of aliphatic hydroxyl groups excluding tert-OH is 1. The fourth-order valence-corrected chi connectivity index (χ4v) is 8.00. The Morgan fingerprint density at radius 3 is 2.17 bits per heavy atom. The van der Waals surface area contributed by atoms with E-state index < -0.39 is 41.8 Å². The van der Waals surface area contributed by atoms with E-state index in [0.717, 1.165) is 52.9 Å². The van der Waals surface area contributed by atoms with Gasteiger partial charge in [0.05, 0.1) is 6.10 Å². The van der Waals surface area contributed by atoms with Gasteiger partial charge in [0, 0.05) is 36.7 Å². The summed E-state index contributed by atoms with van der Waals surface area (Å²) < 4.78 is 56.6. The number of nitrogens with one attached hydrogen (secondary N) is 4. The Balaban J connectivity index is 1.14. The molecule has 0 radical (unpaired) electrons. The number of alkyl halides is 4. The van der Waals surface area contributed by atoms with Gasteiger partial charge in [0.25, 0.3) is 5.91 Å². The number of hydrogen-bond acceptors (Lipinski definition) is 9. The first-order valence-corrected chi connectivity index (χ1v) is 20.1. The van der Waals surface area contributed by atoms with Crippen LogP contribution in [0.4, 0.5) is 23.2 Å². The van der Waals surface area contributed by atoms with Crippen molar-refractivity contribution in [3.8, 4) is 11.1 Å². The van der Waals surface area contributed by atoms with Crippen LogP contribution in [0.1, 0.15) is 84.6 Å². The molecular weight excluding hydrogens is 787 g/mol. The highest BCUT2D eigenvalue weighted by molar-refractivity contribution is 5.98. The fourth-order valence-electron chi connectivity index (χ4n) is 8.00. The Kier molecular flexibility index (Phi) is 13.6. The minimum Gasteiger partial charge on any atom is -0.477 e. The number of nitrogens with two attached hydrogens (primary N) is 1. The van der Waals surface area contributed by atoms with Crippen molar-refractivity contribution in [3.05, 3.63) is 89.0 Å². The number of aliphatic imine (C=N–C) groups is 1. The summed E-state index contributed by atoms with van der Waals surface area (Å²) in [5.41, 5.74) is 12.5. The zero-order valence-electron chi connectivity index (χ0n) is 33.4. The Morgan fingerprint density at radius 2 is 1.57 bits per heavy atom. The van der Waals surface area contributed by atoms with Crippen LogP contribution in [-0.4, -0.2) is 88.4 Å². The summed E-state index contributed by atoms with van der Waals surface area (Å²) in [6, 6.07) is 18.0. The third-order valence-corrected chi connectivity index (χ3v) is 11.7. The molecule has 3 aromatic carbocycles. The second-order valence-electron chi connectivity index (χ2n) is 16.1. The van der Waals surface area contributed by atoms with Crippen LogP contribution in [-0.2, 0) is 20.8 Å². The number of carboxylic acids is 1. The first-order chi connectivity index (χ1) is 28.5. The van der Waals surface area contributed by atoms with Gasteiger partial charge < -0.3 is 31.9 Å². The number of benzene rings is 3. The standard InChI is InChI=1S/C43H51F4N7O6/c1-24-21-30(38(57)49-32-16-18-33(55)19-17-32)13-20-34(24)27-7-3-25(4-8-27)22-35(51-37(56)29-9-5-26(23-48)6-10-29)39(58)50-31-14-11-28(12-15-31)36-52-40(53-54(36)2)42(44,45)43(46,47)41(59)60/h3-4,7-8,11-15,20-21,26,29,32-33,35-36,55H,5-6,9-10,16-19,22-23,48H2,1-2H3,(H,49,57)(H,50,58)(H,51,56)(H,52,53)(H,59,60). The highest BCUT2D eigenvalue weighted by Crippen LogP contribution is 2.39. The Hall–Kier alpha value is -5.39. The summed E-state index contributed by atoms with van der Waals surface area (Å²) in [6.45, 7) is 2.48. The molecule has 2 saturated carbocycles. The van der Waals surface area contributed by atoms with Gasteiger partial charge in [-0.1, -0.05) is 42.5 Å². The number of halogens is 4. The minimum atomic E-state index is -5.41. The molecule has 3 aliphatic rings. The molecule has 1 aliphatic heterocycles. The van der Waals surface area contributed by atoms with Crippen molar-refractivity contribution in [2.45, 2.75) is 101 Å². The lowest BCUT2D eigenvalue weighted by molar-refractivity contribution is -0.202. The summed E-state index contributed by atoms with van der Waals surface area (Å²) in [4.78, 5) is 54.9. The highest BCUT2D eigenvalue weighted by Gasteiger charge is 2.67. The largest absolute Gasteiger partial charge is 0.477 e. The third kappa shape index (κ3) is 9.96.